The molecule has 1 saturated carbocycles. The number of hydrogen-bond donors (Lipinski definition) is 2. The van der Waals surface area contributed by atoms with Crippen LogP contribution in [0.4, 0.5) is 0 Å². The normalized spacial score (nSPS) is 26.3. The van der Waals surface area contributed by atoms with Crippen LogP contribution in [0.1, 0.15) is 57.4 Å². The Morgan fingerprint density at radius 1 is 1.10 bits per heavy atom. The minimum absolute atomic E-state index is 0.0866. The maximum absolute atomic E-state index is 13.1. The molecule has 3 rings (SSSR count). The molecule has 2 aliphatic rings. The lowest BCUT2D eigenvalue weighted by molar-refractivity contribution is -0.159. The number of rotatable bonds is 6. The van der Waals surface area contributed by atoms with Crippen LogP contribution in [-0.2, 0) is 19.2 Å². The van der Waals surface area contributed by atoms with Gasteiger partial charge in [0.05, 0.1) is 0 Å². The summed E-state index contributed by atoms with van der Waals surface area (Å²) in [6.07, 6.45) is 4.17. The monoisotopic (exact) mass is 414 g/mol. The predicted octanol–water partition coefficient (Wildman–Crippen LogP) is 2.36. The third-order valence-electron chi connectivity index (χ3n) is 6.41. The number of nitrogens with zero attached hydrogens (tertiary/aromatic N) is 1. The minimum atomic E-state index is -1.45. The number of carboxylic acid groups (broad SMARTS) is 1. The molecular weight excluding hydrogens is 384 g/mol. The minimum Gasteiger partial charge on any atom is -0.480 e. The van der Waals surface area contributed by atoms with E-state index >= 15 is 0 Å². The van der Waals surface area contributed by atoms with E-state index < -0.39 is 41.6 Å². The zero-order valence-electron chi connectivity index (χ0n) is 17.6. The van der Waals surface area contributed by atoms with Gasteiger partial charge in [-0.2, -0.15) is 0 Å². The van der Waals surface area contributed by atoms with E-state index in [1.54, 1.807) is 4.90 Å². The van der Waals surface area contributed by atoms with E-state index in [1.807, 2.05) is 19.9 Å². The highest BCUT2D eigenvalue weighted by atomic mass is 16.4. The molecule has 1 saturated heterocycles. The number of amides is 2. The number of ketones is 1. The first-order valence-corrected chi connectivity index (χ1v) is 10.6. The lowest BCUT2D eigenvalue weighted by Crippen LogP contribution is -2.61. The number of Topliss-reactive ketones (excluding diaryl/α,β-unsaturated/α-hetero) is 1. The predicted molar refractivity (Wildman–Crippen MR) is 111 cm³/mol. The van der Waals surface area contributed by atoms with Gasteiger partial charge >= 0.3 is 5.97 Å². The maximum atomic E-state index is 13.1. The maximum Gasteiger partial charge on any atom is 0.322 e. The van der Waals surface area contributed by atoms with Crippen LogP contribution >= 0.6 is 0 Å². The Morgan fingerprint density at radius 3 is 2.33 bits per heavy atom. The lowest BCUT2D eigenvalue weighted by Gasteiger charge is -2.46. The number of benzene rings is 1. The number of nitrogens with one attached hydrogen (secondary N) is 1. The van der Waals surface area contributed by atoms with Crippen molar-refractivity contribution >= 4 is 23.6 Å². The van der Waals surface area contributed by atoms with E-state index in [9.17, 15) is 19.2 Å². The second-order valence-corrected chi connectivity index (χ2v) is 9.08. The van der Waals surface area contributed by atoms with Gasteiger partial charge in [0, 0.05) is 18.5 Å². The fourth-order valence-corrected chi connectivity index (χ4v) is 4.74. The molecular formula is C23H30N2O5. The van der Waals surface area contributed by atoms with Crippen LogP contribution < -0.4 is 5.32 Å². The van der Waals surface area contributed by atoms with Gasteiger partial charge < -0.3 is 15.3 Å². The van der Waals surface area contributed by atoms with Gasteiger partial charge in [-0.1, -0.05) is 30.3 Å². The summed E-state index contributed by atoms with van der Waals surface area (Å²) in [5.74, 6) is -3.58. The standard InChI is InChI=1S/C23H30N2O5/c1-23(2)12-18(26)20(21(29)24-13-19(27)28)22(30)25(23)14-15-8-10-17(11-9-15)16-6-4-3-5-7-16/h3-7,15,17,20H,8-14H2,1-2H3,(H,24,29)(H,27,28). The van der Waals surface area contributed by atoms with Crippen molar-refractivity contribution in [3.05, 3.63) is 35.9 Å². The number of hydrogen-bond acceptors (Lipinski definition) is 4. The molecule has 0 radical (unpaired) electrons. The van der Waals surface area contributed by atoms with Crippen LogP contribution in [0.2, 0.25) is 0 Å². The average Bonchev–Trinajstić information content (AvgIpc) is 2.70. The summed E-state index contributed by atoms with van der Waals surface area (Å²) in [6.45, 7) is 3.61. The van der Waals surface area contributed by atoms with Crippen molar-refractivity contribution in [1.82, 2.24) is 10.2 Å². The van der Waals surface area contributed by atoms with Gasteiger partial charge in [0.1, 0.15) is 6.54 Å². The number of likely N-dealkylation sites (tertiary alicyclic amines) is 1. The molecule has 1 atom stereocenters. The van der Waals surface area contributed by atoms with Gasteiger partial charge in [-0.05, 0) is 56.9 Å². The van der Waals surface area contributed by atoms with Gasteiger partial charge in [0.2, 0.25) is 11.8 Å². The molecule has 7 nitrogen and oxygen atoms in total. The van der Waals surface area contributed by atoms with Crippen molar-refractivity contribution in [2.45, 2.75) is 57.4 Å². The van der Waals surface area contributed by atoms with Crippen molar-refractivity contribution in [3.63, 3.8) is 0 Å². The van der Waals surface area contributed by atoms with Crippen molar-refractivity contribution in [2.24, 2.45) is 11.8 Å². The Labute approximate surface area is 176 Å². The van der Waals surface area contributed by atoms with E-state index in [-0.39, 0.29) is 6.42 Å². The van der Waals surface area contributed by atoms with Gasteiger partial charge in [-0.25, -0.2) is 0 Å². The summed E-state index contributed by atoms with van der Waals surface area (Å²) in [4.78, 5) is 50.3. The Kier molecular flexibility index (Phi) is 6.58. The molecule has 162 valence electrons. The summed E-state index contributed by atoms with van der Waals surface area (Å²) in [5.41, 5.74) is 0.694. The zero-order chi connectivity index (χ0) is 21.9. The number of piperidine rings is 1. The topological polar surface area (TPSA) is 104 Å². The van der Waals surface area contributed by atoms with Crippen molar-refractivity contribution in [3.8, 4) is 0 Å². The fourth-order valence-electron chi connectivity index (χ4n) is 4.74. The van der Waals surface area contributed by atoms with Crippen LogP contribution in [0.5, 0.6) is 0 Å². The SMILES string of the molecule is CC1(C)CC(=O)C(C(=O)NCC(=O)O)C(=O)N1CC1CCC(c2ccccc2)CC1. The molecule has 2 fully saturated rings. The molecule has 30 heavy (non-hydrogen) atoms. The van der Waals surface area contributed by atoms with Gasteiger partial charge in [0.15, 0.2) is 11.7 Å². The number of carboxylic acids is 1. The molecule has 1 aromatic rings. The van der Waals surface area contributed by atoms with E-state index in [1.165, 1.54) is 5.56 Å². The third-order valence-corrected chi connectivity index (χ3v) is 6.41. The number of carbonyl (C=O) groups is 4. The van der Waals surface area contributed by atoms with E-state index in [0.717, 1.165) is 25.7 Å². The van der Waals surface area contributed by atoms with E-state index in [0.29, 0.717) is 18.4 Å². The summed E-state index contributed by atoms with van der Waals surface area (Å²) < 4.78 is 0. The van der Waals surface area contributed by atoms with Crippen LogP contribution in [-0.4, -0.2) is 52.2 Å². The molecule has 1 aliphatic carbocycles. The average molecular weight is 415 g/mol. The zero-order valence-corrected chi connectivity index (χ0v) is 17.6. The molecule has 2 amide bonds. The van der Waals surface area contributed by atoms with Gasteiger partial charge in [0.25, 0.3) is 0 Å². The van der Waals surface area contributed by atoms with Gasteiger partial charge in [-0.15, -0.1) is 0 Å². The largest absolute Gasteiger partial charge is 0.480 e. The lowest BCUT2D eigenvalue weighted by atomic mass is 9.76. The van der Waals surface area contributed by atoms with Crippen LogP contribution in [0.3, 0.4) is 0 Å². The molecule has 0 bridgehead atoms. The molecule has 7 heteroatoms. The molecule has 1 heterocycles. The Balaban J connectivity index is 1.65. The molecule has 2 N–H and O–H groups in total. The van der Waals surface area contributed by atoms with Crippen LogP contribution in [0, 0.1) is 11.8 Å². The number of aliphatic carboxylic acids is 1. The van der Waals surface area contributed by atoms with E-state index in [2.05, 4.69) is 29.6 Å². The molecule has 1 aromatic carbocycles. The first-order chi connectivity index (χ1) is 14.2. The van der Waals surface area contributed by atoms with E-state index in [4.69, 9.17) is 5.11 Å². The molecule has 1 unspecified atom stereocenters. The first kappa shape index (κ1) is 22.0. The summed E-state index contributed by atoms with van der Waals surface area (Å²) >= 11 is 0. The van der Waals surface area contributed by atoms with Crippen molar-refractivity contribution in [2.75, 3.05) is 13.1 Å². The first-order valence-electron chi connectivity index (χ1n) is 10.6. The third kappa shape index (κ3) is 4.89. The quantitative estimate of drug-likeness (QED) is 0.696. The van der Waals surface area contributed by atoms with Crippen LogP contribution in [0.15, 0.2) is 30.3 Å². The molecule has 0 aromatic heterocycles. The highest BCUT2D eigenvalue weighted by Gasteiger charge is 2.49. The smallest absolute Gasteiger partial charge is 0.322 e. The summed E-state index contributed by atoms with van der Waals surface area (Å²) in [6, 6.07) is 10.5. The van der Waals surface area contributed by atoms with Gasteiger partial charge in [-0.3, -0.25) is 19.2 Å². The van der Waals surface area contributed by atoms with Crippen LogP contribution in [0.25, 0.3) is 0 Å². The fraction of sp³-hybridized carbons (Fsp3) is 0.565. The Morgan fingerprint density at radius 2 is 1.73 bits per heavy atom. The van der Waals surface area contributed by atoms with Crippen molar-refractivity contribution in [1.29, 1.82) is 0 Å². The highest BCUT2D eigenvalue weighted by molar-refractivity contribution is 6.20. The summed E-state index contributed by atoms with van der Waals surface area (Å²) in [7, 11) is 0. The highest BCUT2D eigenvalue weighted by Crippen LogP contribution is 2.38. The summed E-state index contributed by atoms with van der Waals surface area (Å²) in [5, 5.41) is 10.9. The molecule has 0 spiro atoms. The Bertz CT molecular complexity index is 812. The second-order valence-electron chi connectivity index (χ2n) is 9.08. The number of carbonyl (C=O) groups excluding carboxylic acids is 3. The molecule has 1 aliphatic heterocycles. The Hall–Kier alpha value is -2.70. The van der Waals surface area contributed by atoms with Crippen molar-refractivity contribution < 1.29 is 24.3 Å². The second kappa shape index (κ2) is 8.98.